The fourth-order valence-electron chi connectivity index (χ4n) is 3.73. The number of halogens is 2. The van der Waals surface area contributed by atoms with Crippen molar-refractivity contribution in [2.45, 2.75) is 13.8 Å². The highest BCUT2D eigenvalue weighted by atomic mass is 35.5. The molecule has 1 amide bonds. The molecule has 1 N–H and O–H groups in total. The zero-order valence-electron chi connectivity index (χ0n) is 17.8. The summed E-state index contributed by atoms with van der Waals surface area (Å²) < 4.78 is 7.41. The standard InChI is InChI=1S/C25H21Cl2N3O2/c1-15-10-19(16(2)30(15)23-13-20(26)8-9-22(23)27)14-28-29-25(31)21-11-17-6-4-5-7-18(17)12-24(21)32-3/h4-14H,1-3H3,(H,29,31). The third kappa shape index (κ3) is 4.22. The molecule has 0 fully saturated rings. The maximum absolute atomic E-state index is 12.8. The number of methoxy groups -OCH3 is 1. The van der Waals surface area contributed by atoms with Crippen molar-refractivity contribution in [3.05, 3.63) is 93.2 Å². The van der Waals surface area contributed by atoms with E-state index in [1.54, 1.807) is 31.5 Å². The summed E-state index contributed by atoms with van der Waals surface area (Å²) >= 11 is 12.5. The minimum absolute atomic E-state index is 0.351. The van der Waals surface area contributed by atoms with Crippen LogP contribution in [0.5, 0.6) is 5.75 Å². The predicted octanol–water partition coefficient (Wildman–Crippen LogP) is 6.33. The summed E-state index contributed by atoms with van der Waals surface area (Å²) in [6, 6.07) is 18.7. The van der Waals surface area contributed by atoms with Crippen LogP contribution in [-0.2, 0) is 0 Å². The largest absolute Gasteiger partial charge is 0.496 e. The molecule has 162 valence electrons. The van der Waals surface area contributed by atoms with Crippen molar-refractivity contribution in [3.63, 3.8) is 0 Å². The summed E-state index contributed by atoms with van der Waals surface area (Å²) in [5.74, 6) is 0.140. The number of hydrazone groups is 1. The van der Waals surface area contributed by atoms with Gasteiger partial charge in [-0.2, -0.15) is 5.10 Å². The number of aryl methyl sites for hydroxylation is 1. The van der Waals surface area contributed by atoms with E-state index in [2.05, 4.69) is 10.5 Å². The first-order valence-corrected chi connectivity index (χ1v) is 10.7. The average Bonchev–Trinajstić information content (AvgIpc) is 3.07. The lowest BCUT2D eigenvalue weighted by molar-refractivity contribution is 0.0952. The van der Waals surface area contributed by atoms with Gasteiger partial charge in [-0.25, -0.2) is 5.43 Å². The Bertz CT molecular complexity index is 1360. The van der Waals surface area contributed by atoms with Crippen LogP contribution in [0.15, 0.2) is 65.8 Å². The Morgan fingerprint density at radius 2 is 1.75 bits per heavy atom. The van der Waals surface area contributed by atoms with Gasteiger partial charge in [-0.15, -0.1) is 0 Å². The molecule has 0 aliphatic rings. The van der Waals surface area contributed by atoms with Crippen LogP contribution in [0.25, 0.3) is 16.5 Å². The molecule has 0 aliphatic heterocycles. The number of carbonyl (C=O) groups excluding carboxylic acids is 1. The molecule has 3 aromatic carbocycles. The summed E-state index contributed by atoms with van der Waals surface area (Å²) in [7, 11) is 1.54. The molecule has 1 heterocycles. The maximum atomic E-state index is 12.8. The van der Waals surface area contributed by atoms with Gasteiger partial charge in [0.25, 0.3) is 5.91 Å². The molecular weight excluding hydrogens is 445 g/mol. The Kier molecular flexibility index (Phi) is 6.21. The van der Waals surface area contributed by atoms with Gasteiger partial charge in [0.15, 0.2) is 0 Å². The third-order valence-corrected chi connectivity index (χ3v) is 5.86. The van der Waals surface area contributed by atoms with E-state index >= 15 is 0 Å². The van der Waals surface area contributed by atoms with E-state index in [0.29, 0.717) is 21.4 Å². The lowest BCUT2D eigenvalue weighted by Gasteiger charge is -2.12. The number of benzene rings is 3. The SMILES string of the molecule is COc1cc2ccccc2cc1C(=O)NN=Cc1cc(C)n(-c2cc(Cl)ccc2Cl)c1C. The van der Waals surface area contributed by atoms with Crippen molar-refractivity contribution in [3.8, 4) is 11.4 Å². The first-order chi connectivity index (χ1) is 15.4. The summed E-state index contributed by atoms with van der Waals surface area (Å²) in [6.45, 7) is 3.93. The average molecular weight is 466 g/mol. The van der Waals surface area contributed by atoms with Crippen LogP contribution in [0.4, 0.5) is 0 Å². The molecule has 0 bridgehead atoms. The van der Waals surface area contributed by atoms with Crippen molar-refractivity contribution in [2.24, 2.45) is 5.10 Å². The van der Waals surface area contributed by atoms with Crippen LogP contribution >= 0.6 is 23.2 Å². The number of amides is 1. The van der Waals surface area contributed by atoms with E-state index in [4.69, 9.17) is 27.9 Å². The van der Waals surface area contributed by atoms with Crippen molar-refractivity contribution in [1.82, 2.24) is 9.99 Å². The molecular formula is C25H21Cl2N3O2. The Labute approximate surface area is 196 Å². The summed E-state index contributed by atoms with van der Waals surface area (Å²) in [5.41, 5.74) is 6.55. The van der Waals surface area contributed by atoms with Gasteiger partial charge in [0.2, 0.25) is 0 Å². The normalized spacial score (nSPS) is 11.3. The van der Waals surface area contributed by atoms with Gasteiger partial charge < -0.3 is 9.30 Å². The first-order valence-electron chi connectivity index (χ1n) is 9.93. The molecule has 0 radical (unpaired) electrons. The van der Waals surface area contributed by atoms with Crippen LogP contribution in [0.2, 0.25) is 10.0 Å². The highest BCUT2D eigenvalue weighted by Gasteiger charge is 2.15. The monoisotopic (exact) mass is 465 g/mol. The van der Waals surface area contributed by atoms with Crippen LogP contribution in [0, 0.1) is 13.8 Å². The zero-order valence-corrected chi connectivity index (χ0v) is 19.3. The molecule has 0 aliphatic carbocycles. The summed E-state index contributed by atoms with van der Waals surface area (Å²) in [5, 5.41) is 7.31. The van der Waals surface area contributed by atoms with Crippen LogP contribution in [0.3, 0.4) is 0 Å². The topological polar surface area (TPSA) is 55.6 Å². The molecule has 4 aromatic rings. The first kappa shape index (κ1) is 21.9. The highest BCUT2D eigenvalue weighted by molar-refractivity contribution is 6.34. The van der Waals surface area contributed by atoms with Crippen LogP contribution in [-0.4, -0.2) is 23.8 Å². The van der Waals surface area contributed by atoms with Gasteiger partial charge in [-0.05, 0) is 61.0 Å². The number of carbonyl (C=O) groups is 1. The number of nitrogens with zero attached hydrogens (tertiary/aromatic N) is 2. The van der Waals surface area contributed by atoms with Crippen molar-refractivity contribution in [1.29, 1.82) is 0 Å². The summed E-state index contributed by atoms with van der Waals surface area (Å²) in [4.78, 5) is 12.8. The molecule has 0 spiro atoms. The van der Waals surface area contributed by atoms with Crippen LogP contribution < -0.4 is 10.2 Å². The van der Waals surface area contributed by atoms with E-state index in [9.17, 15) is 4.79 Å². The van der Waals surface area contributed by atoms with Gasteiger partial charge in [0.05, 0.1) is 29.6 Å². The van der Waals surface area contributed by atoms with Crippen molar-refractivity contribution >= 4 is 46.1 Å². The van der Waals surface area contributed by atoms with E-state index in [1.807, 2.05) is 60.9 Å². The van der Waals surface area contributed by atoms with Gasteiger partial charge in [0, 0.05) is 22.0 Å². The zero-order chi connectivity index (χ0) is 22.8. The quantitative estimate of drug-likeness (QED) is 0.276. The third-order valence-electron chi connectivity index (χ3n) is 5.30. The molecule has 7 heteroatoms. The number of fused-ring (bicyclic) bond motifs is 1. The Hall–Kier alpha value is -3.28. The Morgan fingerprint density at radius 3 is 2.47 bits per heavy atom. The predicted molar refractivity (Wildman–Crippen MR) is 131 cm³/mol. The number of rotatable bonds is 5. The van der Waals surface area contributed by atoms with Crippen molar-refractivity contribution in [2.75, 3.05) is 7.11 Å². The molecule has 32 heavy (non-hydrogen) atoms. The molecule has 1 aromatic heterocycles. The molecule has 0 unspecified atom stereocenters. The van der Waals surface area contributed by atoms with Gasteiger partial charge in [0.1, 0.15) is 5.75 Å². The fourth-order valence-corrected chi connectivity index (χ4v) is 4.10. The summed E-state index contributed by atoms with van der Waals surface area (Å²) in [6.07, 6.45) is 1.61. The van der Waals surface area contributed by atoms with Gasteiger partial charge in [-0.3, -0.25) is 4.79 Å². The molecule has 0 atom stereocenters. The van der Waals surface area contributed by atoms with Crippen LogP contribution in [0.1, 0.15) is 27.3 Å². The molecule has 0 saturated carbocycles. The minimum Gasteiger partial charge on any atom is -0.496 e. The van der Waals surface area contributed by atoms with E-state index in [-0.39, 0.29) is 5.91 Å². The second-order valence-electron chi connectivity index (χ2n) is 7.36. The number of nitrogens with one attached hydrogen (secondary N) is 1. The lowest BCUT2D eigenvalue weighted by Crippen LogP contribution is -2.18. The smallest absolute Gasteiger partial charge is 0.275 e. The molecule has 4 rings (SSSR count). The number of hydrogen-bond donors (Lipinski definition) is 1. The lowest BCUT2D eigenvalue weighted by atomic mass is 10.1. The Morgan fingerprint density at radius 1 is 1.03 bits per heavy atom. The number of hydrogen-bond acceptors (Lipinski definition) is 3. The van der Waals surface area contributed by atoms with Gasteiger partial charge in [-0.1, -0.05) is 47.5 Å². The highest BCUT2D eigenvalue weighted by Crippen LogP contribution is 2.29. The maximum Gasteiger partial charge on any atom is 0.275 e. The van der Waals surface area contributed by atoms with E-state index in [1.165, 1.54) is 0 Å². The minimum atomic E-state index is -0.351. The molecule has 0 saturated heterocycles. The number of aromatic nitrogens is 1. The van der Waals surface area contributed by atoms with Gasteiger partial charge >= 0.3 is 0 Å². The van der Waals surface area contributed by atoms with Crippen molar-refractivity contribution < 1.29 is 9.53 Å². The van der Waals surface area contributed by atoms with E-state index < -0.39 is 0 Å². The fraction of sp³-hybridized carbons (Fsp3) is 0.120. The second-order valence-corrected chi connectivity index (χ2v) is 8.20. The molecule has 5 nitrogen and oxygen atoms in total. The second kappa shape index (κ2) is 9.07. The number of ether oxygens (including phenoxy) is 1. The Balaban J connectivity index is 1.59. The van der Waals surface area contributed by atoms with E-state index in [0.717, 1.165) is 33.4 Å².